The Kier molecular flexibility index (Phi) is 6.01. The van der Waals surface area contributed by atoms with Crippen molar-refractivity contribution in [1.82, 2.24) is 0 Å². The Morgan fingerprint density at radius 1 is 1.04 bits per heavy atom. The lowest BCUT2D eigenvalue weighted by molar-refractivity contribution is -0.139. The topological polar surface area (TPSA) is 55.8 Å². The molecule has 0 N–H and O–H groups in total. The summed E-state index contributed by atoms with van der Waals surface area (Å²) in [6, 6.07) is 3.78. The van der Waals surface area contributed by atoms with E-state index >= 15 is 0 Å². The molecule has 2 rings (SSSR count). The molecule has 0 aromatic heterocycles. The predicted octanol–water partition coefficient (Wildman–Crippen LogP) is 4.01. The minimum absolute atomic E-state index is 0.0838. The van der Waals surface area contributed by atoms with E-state index in [1.54, 1.807) is 23.3 Å². The van der Waals surface area contributed by atoms with Crippen LogP contribution in [0.5, 0.6) is 0 Å². The summed E-state index contributed by atoms with van der Waals surface area (Å²) in [7, 11) is 2.53. The highest BCUT2D eigenvalue weighted by Gasteiger charge is 2.29. The van der Waals surface area contributed by atoms with Crippen LogP contribution < -0.4 is 4.90 Å². The fraction of sp³-hybridized carbons (Fsp3) is 0.176. The number of allylic oxidation sites excluding steroid dienone is 2. The first-order chi connectivity index (χ1) is 11.4. The van der Waals surface area contributed by atoms with Gasteiger partial charge in [0.1, 0.15) is 5.70 Å². The van der Waals surface area contributed by atoms with Crippen molar-refractivity contribution in [2.45, 2.75) is 6.92 Å². The van der Waals surface area contributed by atoms with Crippen LogP contribution in [0.1, 0.15) is 5.56 Å². The Labute approximate surface area is 156 Å². The molecule has 1 heterocycles. The molecule has 0 saturated carbocycles. The zero-order valence-electron chi connectivity index (χ0n) is 13.3. The molecule has 0 radical (unpaired) electrons. The largest absolute Gasteiger partial charge is 0.465 e. The third kappa shape index (κ3) is 3.62. The molecule has 0 saturated heterocycles. The van der Waals surface area contributed by atoms with Crippen molar-refractivity contribution < 1.29 is 19.1 Å². The van der Waals surface area contributed by atoms with Crippen molar-refractivity contribution in [1.29, 1.82) is 0 Å². The molecule has 7 heteroatoms. The Hall–Kier alpha value is -1.86. The molecular weight excluding hydrogens is 442 g/mol. The second-order valence-corrected chi connectivity index (χ2v) is 6.64. The van der Waals surface area contributed by atoms with Crippen LogP contribution in [0.25, 0.3) is 0 Å². The van der Waals surface area contributed by atoms with Crippen LogP contribution in [0.2, 0.25) is 0 Å². The Balaban J connectivity index is 2.75. The van der Waals surface area contributed by atoms with Crippen molar-refractivity contribution in [2.24, 2.45) is 0 Å². The highest BCUT2D eigenvalue weighted by molar-refractivity contribution is 9.11. The van der Waals surface area contributed by atoms with Crippen LogP contribution in [0, 0.1) is 6.92 Å². The van der Waals surface area contributed by atoms with E-state index in [4.69, 9.17) is 9.47 Å². The molecule has 126 valence electrons. The van der Waals surface area contributed by atoms with Crippen LogP contribution in [0.3, 0.4) is 0 Å². The quantitative estimate of drug-likeness (QED) is 0.643. The number of anilines is 1. The number of methoxy groups -OCH3 is 2. The Bertz CT molecular complexity index is 758. The summed E-state index contributed by atoms with van der Waals surface area (Å²) in [5.41, 5.74) is 1.82. The lowest BCUT2D eigenvalue weighted by Gasteiger charge is -2.26. The molecule has 1 aliphatic rings. The van der Waals surface area contributed by atoms with Gasteiger partial charge in [-0.3, -0.25) is 0 Å². The van der Waals surface area contributed by atoms with Gasteiger partial charge < -0.3 is 14.4 Å². The van der Waals surface area contributed by atoms with Crippen molar-refractivity contribution >= 4 is 49.5 Å². The zero-order chi connectivity index (χ0) is 17.9. The minimum atomic E-state index is -0.638. The highest BCUT2D eigenvalue weighted by Crippen LogP contribution is 2.37. The van der Waals surface area contributed by atoms with E-state index < -0.39 is 11.9 Å². The average molecular weight is 457 g/mol. The van der Waals surface area contributed by atoms with Crippen LogP contribution >= 0.6 is 31.9 Å². The van der Waals surface area contributed by atoms with Crippen LogP contribution in [0.4, 0.5) is 5.69 Å². The van der Waals surface area contributed by atoms with E-state index in [-0.39, 0.29) is 11.3 Å². The van der Waals surface area contributed by atoms with Gasteiger partial charge >= 0.3 is 11.9 Å². The van der Waals surface area contributed by atoms with Gasteiger partial charge in [0.05, 0.1) is 25.5 Å². The summed E-state index contributed by atoms with van der Waals surface area (Å²) in [6.45, 7) is 1.91. The lowest BCUT2D eigenvalue weighted by Crippen LogP contribution is -2.27. The molecule has 1 aliphatic heterocycles. The monoisotopic (exact) mass is 455 g/mol. The molecule has 0 aliphatic carbocycles. The molecular formula is C17H15Br2NO4. The third-order valence-corrected chi connectivity index (χ3v) is 4.41. The first-order valence-electron chi connectivity index (χ1n) is 6.91. The fourth-order valence-electron chi connectivity index (χ4n) is 2.34. The Morgan fingerprint density at radius 3 is 2.29 bits per heavy atom. The highest BCUT2D eigenvalue weighted by atomic mass is 79.9. The molecule has 0 spiro atoms. The van der Waals surface area contributed by atoms with Gasteiger partial charge in [0.25, 0.3) is 0 Å². The van der Waals surface area contributed by atoms with E-state index in [2.05, 4.69) is 31.9 Å². The van der Waals surface area contributed by atoms with Crippen LogP contribution in [-0.4, -0.2) is 26.2 Å². The average Bonchev–Trinajstić information content (AvgIpc) is 2.75. The number of hydrogen-bond donors (Lipinski definition) is 0. The summed E-state index contributed by atoms with van der Waals surface area (Å²) in [5, 5.41) is 0. The normalized spacial score (nSPS) is 13.8. The van der Waals surface area contributed by atoms with Gasteiger partial charge in [-0.1, -0.05) is 22.0 Å². The van der Waals surface area contributed by atoms with Crippen molar-refractivity contribution in [3.63, 3.8) is 0 Å². The number of ether oxygens (including phenoxy) is 2. The summed E-state index contributed by atoms with van der Waals surface area (Å²) >= 11 is 6.95. The van der Waals surface area contributed by atoms with E-state index in [1.165, 1.54) is 20.3 Å². The summed E-state index contributed by atoms with van der Waals surface area (Å²) in [5.74, 6) is -1.26. The van der Waals surface area contributed by atoms with Gasteiger partial charge in [0.15, 0.2) is 0 Å². The number of rotatable bonds is 3. The molecule has 5 nitrogen and oxygen atoms in total. The molecule has 0 amide bonds. The lowest BCUT2D eigenvalue weighted by atomic mass is 10.1. The summed E-state index contributed by atoms with van der Waals surface area (Å²) < 4.78 is 11.3. The van der Waals surface area contributed by atoms with Crippen LogP contribution in [0.15, 0.2) is 56.8 Å². The van der Waals surface area contributed by atoms with Crippen molar-refractivity contribution in [3.8, 4) is 0 Å². The predicted molar refractivity (Wildman–Crippen MR) is 98.4 cm³/mol. The molecule has 0 bridgehead atoms. The maximum Gasteiger partial charge on any atom is 0.355 e. The Morgan fingerprint density at radius 2 is 1.71 bits per heavy atom. The van der Waals surface area contributed by atoms with Gasteiger partial charge in [-0.25, -0.2) is 9.59 Å². The number of halogens is 2. The number of nitrogens with zero attached hydrogens (tertiary/aromatic N) is 1. The number of esters is 2. The van der Waals surface area contributed by atoms with E-state index in [9.17, 15) is 9.59 Å². The molecule has 1 aromatic carbocycles. The van der Waals surface area contributed by atoms with Crippen molar-refractivity contribution in [3.05, 3.63) is 62.3 Å². The summed E-state index contributed by atoms with van der Waals surface area (Å²) in [4.78, 5) is 26.2. The minimum Gasteiger partial charge on any atom is -0.465 e. The molecule has 0 unspecified atom stereocenters. The van der Waals surface area contributed by atoms with E-state index in [1.807, 2.05) is 19.1 Å². The van der Waals surface area contributed by atoms with Crippen LogP contribution in [-0.2, 0) is 19.1 Å². The fourth-order valence-corrected chi connectivity index (χ4v) is 3.97. The zero-order valence-corrected chi connectivity index (χ0v) is 16.5. The third-order valence-electron chi connectivity index (χ3n) is 3.35. The molecule has 0 fully saturated rings. The molecule has 24 heavy (non-hydrogen) atoms. The first kappa shape index (κ1) is 18.5. The number of aryl methyl sites for hydroxylation is 1. The van der Waals surface area contributed by atoms with E-state index in [0.29, 0.717) is 0 Å². The number of carbonyl (C=O) groups excluding carboxylic acids is 2. The second-order valence-electron chi connectivity index (χ2n) is 4.87. The molecule has 1 aromatic rings. The van der Waals surface area contributed by atoms with Gasteiger partial charge in [-0.2, -0.15) is 0 Å². The maximum absolute atomic E-state index is 12.4. The first-order valence-corrected chi connectivity index (χ1v) is 8.50. The summed E-state index contributed by atoms with van der Waals surface area (Å²) in [6.07, 6.45) is 6.61. The SMILES string of the molecule is COC(=O)C1=C(C(=O)OC)N(c2c(C)cc(Br)cc2Br)C=CC=C1. The smallest absolute Gasteiger partial charge is 0.355 e. The van der Waals surface area contributed by atoms with Gasteiger partial charge in [0.2, 0.25) is 0 Å². The van der Waals surface area contributed by atoms with Gasteiger partial charge in [0, 0.05) is 15.1 Å². The number of carbonyl (C=O) groups is 2. The maximum atomic E-state index is 12.4. The molecule has 0 atom stereocenters. The number of hydrogen-bond acceptors (Lipinski definition) is 5. The van der Waals surface area contributed by atoms with Crippen molar-refractivity contribution in [2.75, 3.05) is 19.1 Å². The van der Waals surface area contributed by atoms with Gasteiger partial charge in [-0.05, 0) is 52.7 Å². The second kappa shape index (κ2) is 7.81. The number of benzene rings is 1. The standard InChI is InChI=1S/C17H15Br2NO4/c1-10-8-11(18)9-13(19)14(10)20-7-5-4-6-12(16(21)23-2)15(20)17(22)24-3/h4-9H,1-3H3. The van der Waals surface area contributed by atoms with Gasteiger partial charge in [-0.15, -0.1) is 0 Å². The van der Waals surface area contributed by atoms with E-state index in [0.717, 1.165) is 20.2 Å².